The predicted molar refractivity (Wildman–Crippen MR) is 127 cm³/mol. The van der Waals surface area contributed by atoms with E-state index in [1.807, 2.05) is 30.2 Å². The van der Waals surface area contributed by atoms with Gasteiger partial charge in [0.15, 0.2) is 0 Å². The molecule has 1 aromatic carbocycles. The van der Waals surface area contributed by atoms with E-state index in [0.717, 1.165) is 66.7 Å². The molecule has 0 spiro atoms. The maximum Gasteiger partial charge on any atom is 0.321 e. The Balaban J connectivity index is 1.59. The van der Waals surface area contributed by atoms with E-state index in [-0.39, 0.29) is 11.9 Å². The first kappa shape index (κ1) is 21.6. The Labute approximate surface area is 194 Å². The second-order valence-electron chi connectivity index (χ2n) is 9.05. The number of carbonyl (C=O) groups excluding carboxylic acids is 1. The number of carbonyl (C=O) groups is 1. The highest BCUT2D eigenvalue weighted by atomic mass is 16.5. The molecule has 33 heavy (non-hydrogen) atoms. The number of hydrogen-bond acceptors (Lipinski definition) is 6. The van der Waals surface area contributed by atoms with Crippen molar-refractivity contribution < 1.29 is 9.53 Å². The van der Waals surface area contributed by atoms with Crippen LogP contribution in [0.3, 0.4) is 0 Å². The summed E-state index contributed by atoms with van der Waals surface area (Å²) in [6.45, 7) is 7.67. The second kappa shape index (κ2) is 8.94. The SMILES string of the molecule is CC(=O)N1c2ccc(-c3cnn(C4CCNCC4)c3)c(Oc3ncc(C)cn3)c2CC[C@@H]1C. The van der Waals surface area contributed by atoms with Gasteiger partial charge in [-0.25, -0.2) is 9.97 Å². The summed E-state index contributed by atoms with van der Waals surface area (Å²) in [6, 6.07) is 4.91. The summed E-state index contributed by atoms with van der Waals surface area (Å²) < 4.78 is 8.40. The van der Waals surface area contributed by atoms with Crippen LogP contribution in [0.4, 0.5) is 5.69 Å². The van der Waals surface area contributed by atoms with Crippen LogP contribution in [-0.4, -0.2) is 44.8 Å². The van der Waals surface area contributed by atoms with Gasteiger partial charge in [-0.3, -0.25) is 9.48 Å². The molecule has 1 N–H and O–H groups in total. The predicted octanol–water partition coefficient (Wildman–Crippen LogP) is 4.05. The van der Waals surface area contributed by atoms with Gasteiger partial charge in [-0.15, -0.1) is 0 Å². The van der Waals surface area contributed by atoms with Crippen molar-refractivity contribution in [1.29, 1.82) is 0 Å². The molecule has 0 unspecified atom stereocenters. The molecule has 0 aliphatic carbocycles. The number of aryl methyl sites for hydroxylation is 1. The molecule has 3 aromatic rings. The maximum absolute atomic E-state index is 12.5. The van der Waals surface area contributed by atoms with Gasteiger partial charge in [0.25, 0.3) is 0 Å². The smallest absolute Gasteiger partial charge is 0.321 e. The Morgan fingerprint density at radius 3 is 2.61 bits per heavy atom. The molecule has 8 nitrogen and oxygen atoms in total. The molecule has 172 valence electrons. The van der Waals surface area contributed by atoms with Crippen molar-refractivity contribution in [3.8, 4) is 22.9 Å². The summed E-state index contributed by atoms with van der Waals surface area (Å²) in [6.07, 6.45) is 11.3. The summed E-state index contributed by atoms with van der Waals surface area (Å²) >= 11 is 0. The molecule has 8 heteroatoms. The minimum absolute atomic E-state index is 0.0347. The third-order valence-electron chi connectivity index (χ3n) is 6.63. The van der Waals surface area contributed by atoms with Gasteiger partial charge in [-0.2, -0.15) is 5.10 Å². The molecule has 2 aromatic heterocycles. The van der Waals surface area contributed by atoms with Gasteiger partial charge in [-0.1, -0.05) is 0 Å². The van der Waals surface area contributed by atoms with Gasteiger partial charge in [-0.05, 0) is 70.3 Å². The van der Waals surface area contributed by atoms with Gasteiger partial charge in [0, 0.05) is 48.2 Å². The van der Waals surface area contributed by atoms with Crippen LogP contribution in [0.5, 0.6) is 11.8 Å². The Morgan fingerprint density at radius 1 is 1.12 bits per heavy atom. The van der Waals surface area contributed by atoms with Crippen LogP contribution in [0.15, 0.2) is 36.9 Å². The van der Waals surface area contributed by atoms with Crippen molar-refractivity contribution in [3.63, 3.8) is 0 Å². The molecular formula is C25H30N6O2. The monoisotopic (exact) mass is 446 g/mol. The van der Waals surface area contributed by atoms with Crippen LogP contribution in [0, 0.1) is 6.92 Å². The molecule has 0 radical (unpaired) electrons. The molecule has 0 saturated carbocycles. The zero-order valence-electron chi connectivity index (χ0n) is 19.4. The first-order valence-electron chi connectivity index (χ1n) is 11.7. The van der Waals surface area contributed by atoms with Crippen molar-refractivity contribution in [2.24, 2.45) is 0 Å². The highest BCUT2D eigenvalue weighted by Gasteiger charge is 2.30. The lowest BCUT2D eigenvalue weighted by molar-refractivity contribution is -0.117. The number of nitrogens with zero attached hydrogens (tertiary/aromatic N) is 5. The zero-order valence-corrected chi connectivity index (χ0v) is 19.4. The molecular weight excluding hydrogens is 416 g/mol. The van der Waals surface area contributed by atoms with E-state index in [1.165, 1.54) is 0 Å². The molecule has 2 aliphatic rings. The average molecular weight is 447 g/mol. The van der Waals surface area contributed by atoms with Crippen LogP contribution >= 0.6 is 0 Å². The lowest BCUT2D eigenvalue weighted by atomic mass is 9.92. The molecule has 1 atom stereocenters. The van der Waals surface area contributed by atoms with Crippen LogP contribution in [0.2, 0.25) is 0 Å². The summed E-state index contributed by atoms with van der Waals surface area (Å²) in [5, 5.41) is 8.09. The quantitative estimate of drug-likeness (QED) is 0.651. The van der Waals surface area contributed by atoms with E-state index >= 15 is 0 Å². The number of aromatic nitrogens is 4. The van der Waals surface area contributed by atoms with Gasteiger partial charge in [0.05, 0.1) is 17.9 Å². The molecule has 1 amide bonds. The Morgan fingerprint density at radius 2 is 1.88 bits per heavy atom. The van der Waals surface area contributed by atoms with Crippen molar-refractivity contribution >= 4 is 11.6 Å². The minimum Gasteiger partial charge on any atom is -0.423 e. The summed E-state index contributed by atoms with van der Waals surface area (Å²) in [4.78, 5) is 23.0. The number of ether oxygens (including phenoxy) is 1. The summed E-state index contributed by atoms with van der Waals surface area (Å²) in [5.74, 6) is 0.742. The lowest BCUT2D eigenvalue weighted by Crippen LogP contribution is -2.40. The number of anilines is 1. The molecule has 1 fully saturated rings. The van der Waals surface area contributed by atoms with Gasteiger partial charge >= 0.3 is 6.01 Å². The molecule has 5 rings (SSSR count). The Hall–Kier alpha value is -3.26. The van der Waals surface area contributed by atoms with Crippen LogP contribution in [0.1, 0.15) is 50.3 Å². The number of fused-ring (bicyclic) bond motifs is 1. The highest BCUT2D eigenvalue weighted by molar-refractivity contribution is 5.95. The van der Waals surface area contributed by atoms with Gasteiger partial charge in [0.1, 0.15) is 5.75 Å². The normalized spacial score (nSPS) is 18.8. The standard InChI is InChI=1S/C25H30N6O2/c1-16-12-27-25(28-13-16)33-24-21(19-14-29-30(15-19)20-8-10-26-11-9-20)6-7-23-22(24)5-4-17(2)31(23)18(3)32/h6-7,12-15,17,20,26H,4-5,8-11H2,1-3H3/t17-/m0/s1. The summed E-state index contributed by atoms with van der Waals surface area (Å²) in [5.41, 5.74) is 4.82. The van der Waals surface area contributed by atoms with Crippen molar-refractivity contribution in [1.82, 2.24) is 25.1 Å². The van der Waals surface area contributed by atoms with Crippen LogP contribution in [-0.2, 0) is 11.2 Å². The number of benzene rings is 1. The largest absolute Gasteiger partial charge is 0.423 e. The topological polar surface area (TPSA) is 85.2 Å². The Kier molecular flexibility index (Phi) is 5.85. The maximum atomic E-state index is 12.5. The minimum atomic E-state index is 0.0347. The van der Waals surface area contributed by atoms with Crippen LogP contribution in [0.25, 0.3) is 11.1 Å². The fourth-order valence-corrected chi connectivity index (χ4v) is 4.90. The molecule has 1 saturated heterocycles. The van der Waals surface area contributed by atoms with Crippen LogP contribution < -0.4 is 15.0 Å². The number of piperidine rings is 1. The fourth-order valence-electron chi connectivity index (χ4n) is 4.90. The third kappa shape index (κ3) is 4.23. The molecule has 0 bridgehead atoms. The lowest BCUT2D eigenvalue weighted by Gasteiger charge is -2.35. The van der Waals surface area contributed by atoms with E-state index in [4.69, 9.17) is 4.74 Å². The fraction of sp³-hybridized carbons (Fsp3) is 0.440. The van der Waals surface area contributed by atoms with E-state index in [2.05, 4.69) is 38.2 Å². The Bertz CT molecular complexity index is 1150. The van der Waals surface area contributed by atoms with E-state index in [1.54, 1.807) is 19.3 Å². The number of rotatable bonds is 4. The second-order valence-corrected chi connectivity index (χ2v) is 9.05. The number of amides is 1. The third-order valence-corrected chi connectivity index (χ3v) is 6.63. The summed E-state index contributed by atoms with van der Waals surface area (Å²) in [7, 11) is 0. The van der Waals surface area contributed by atoms with Crippen molar-refractivity contribution in [2.75, 3.05) is 18.0 Å². The molecule has 2 aliphatic heterocycles. The first-order chi connectivity index (χ1) is 16.0. The van der Waals surface area contributed by atoms with E-state index in [9.17, 15) is 4.79 Å². The van der Waals surface area contributed by atoms with Crippen molar-refractivity contribution in [3.05, 3.63) is 48.0 Å². The van der Waals surface area contributed by atoms with Gasteiger partial charge < -0.3 is 15.0 Å². The van der Waals surface area contributed by atoms with E-state index < -0.39 is 0 Å². The number of hydrogen-bond donors (Lipinski definition) is 1. The zero-order chi connectivity index (χ0) is 22.9. The molecule has 4 heterocycles. The number of nitrogens with one attached hydrogen (secondary N) is 1. The van der Waals surface area contributed by atoms with Gasteiger partial charge in [0.2, 0.25) is 5.91 Å². The van der Waals surface area contributed by atoms with Crippen molar-refractivity contribution in [2.45, 2.75) is 58.5 Å². The van der Waals surface area contributed by atoms with E-state index in [0.29, 0.717) is 17.8 Å². The highest BCUT2D eigenvalue weighted by Crippen LogP contribution is 2.44. The first-order valence-corrected chi connectivity index (χ1v) is 11.7. The average Bonchev–Trinajstić information content (AvgIpc) is 3.31.